The molecule has 1 amide bonds. The number of nitrogens with one attached hydrogen (secondary N) is 2. The number of aromatic nitrogens is 2. The first-order valence-corrected chi connectivity index (χ1v) is 5.83. The zero-order chi connectivity index (χ0) is 14.4. The van der Waals surface area contributed by atoms with Gasteiger partial charge in [-0.25, -0.2) is 4.98 Å². The van der Waals surface area contributed by atoms with E-state index in [2.05, 4.69) is 15.6 Å². The Kier molecular flexibility index (Phi) is 5.31. The number of amides is 1. The molecule has 0 fully saturated rings. The van der Waals surface area contributed by atoms with Crippen LogP contribution in [0, 0.1) is 0 Å². The third-order valence-electron chi connectivity index (χ3n) is 2.44. The molecule has 8 heteroatoms. The topological polar surface area (TPSA) is 99.5 Å². The summed E-state index contributed by atoms with van der Waals surface area (Å²) in [4.78, 5) is 28.7. The quantitative estimate of drug-likeness (QED) is 0.605. The van der Waals surface area contributed by atoms with Crippen molar-refractivity contribution in [3.8, 4) is 0 Å². The lowest BCUT2D eigenvalue weighted by molar-refractivity contribution is -0.137. The molecular weight excluding hydrogens is 250 g/mol. The van der Waals surface area contributed by atoms with E-state index < -0.39 is 5.97 Å². The fourth-order valence-electron chi connectivity index (χ4n) is 1.55. The number of imidazole rings is 1. The average molecular weight is 269 g/mol. The van der Waals surface area contributed by atoms with Crippen molar-refractivity contribution >= 4 is 17.7 Å². The molecule has 0 aliphatic heterocycles. The molecule has 0 bridgehead atoms. The first-order chi connectivity index (χ1) is 8.95. The van der Waals surface area contributed by atoms with Gasteiger partial charge in [0.25, 0.3) is 5.91 Å². The van der Waals surface area contributed by atoms with Crippen molar-refractivity contribution < 1.29 is 14.7 Å². The molecule has 0 spiro atoms. The highest BCUT2D eigenvalue weighted by Crippen LogP contribution is 2.12. The van der Waals surface area contributed by atoms with Crippen molar-refractivity contribution in [1.82, 2.24) is 19.8 Å². The molecule has 3 N–H and O–H groups in total. The summed E-state index contributed by atoms with van der Waals surface area (Å²) < 4.78 is 1.30. The molecule has 8 nitrogen and oxygen atoms in total. The summed E-state index contributed by atoms with van der Waals surface area (Å²) in [5.74, 6) is -1.00. The van der Waals surface area contributed by atoms with Crippen LogP contribution in [0.25, 0.3) is 0 Å². The standard InChI is InChI=1S/C11H19N5O3/c1-12-10-9(11(19)13-4-5-15(2)3)16(7-14-10)6-8(17)18/h7,12H,4-6H2,1-3H3,(H,13,19)(H,17,18). The molecule has 0 saturated carbocycles. The number of carboxylic acid groups (broad SMARTS) is 1. The van der Waals surface area contributed by atoms with Gasteiger partial charge in [0, 0.05) is 20.1 Å². The largest absolute Gasteiger partial charge is 0.480 e. The van der Waals surface area contributed by atoms with Crippen molar-refractivity contribution in [3.63, 3.8) is 0 Å². The van der Waals surface area contributed by atoms with Gasteiger partial charge < -0.3 is 25.2 Å². The molecule has 0 unspecified atom stereocenters. The van der Waals surface area contributed by atoms with E-state index >= 15 is 0 Å². The minimum absolute atomic E-state index is 0.226. The second-order valence-electron chi connectivity index (χ2n) is 4.27. The van der Waals surface area contributed by atoms with Gasteiger partial charge in [0.05, 0.1) is 6.33 Å². The van der Waals surface area contributed by atoms with Crippen LogP contribution in [0.1, 0.15) is 10.5 Å². The molecular formula is C11H19N5O3. The van der Waals surface area contributed by atoms with Crippen molar-refractivity contribution in [1.29, 1.82) is 0 Å². The van der Waals surface area contributed by atoms with E-state index in [1.165, 1.54) is 10.9 Å². The molecule has 1 rings (SSSR count). The van der Waals surface area contributed by atoms with Gasteiger partial charge in [0.15, 0.2) is 11.5 Å². The number of carbonyl (C=O) groups excluding carboxylic acids is 1. The van der Waals surface area contributed by atoms with Crippen LogP contribution < -0.4 is 10.6 Å². The van der Waals surface area contributed by atoms with Gasteiger partial charge in [-0.2, -0.15) is 0 Å². The molecule has 0 atom stereocenters. The predicted octanol–water partition coefficient (Wildman–Crippen LogP) is -0.699. The number of carbonyl (C=O) groups is 2. The summed E-state index contributed by atoms with van der Waals surface area (Å²) in [6, 6.07) is 0. The Morgan fingerprint density at radius 1 is 1.47 bits per heavy atom. The summed E-state index contributed by atoms with van der Waals surface area (Å²) in [5, 5.41) is 14.3. The first kappa shape index (κ1) is 15.0. The van der Waals surface area contributed by atoms with Crippen LogP contribution in [0.4, 0.5) is 5.82 Å². The Labute approximate surface area is 111 Å². The zero-order valence-corrected chi connectivity index (χ0v) is 11.3. The lowest BCUT2D eigenvalue weighted by atomic mass is 10.3. The van der Waals surface area contributed by atoms with Gasteiger partial charge in [-0.1, -0.05) is 0 Å². The number of likely N-dealkylation sites (N-methyl/N-ethyl adjacent to an activating group) is 1. The number of rotatable bonds is 7. The smallest absolute Gasteiger partial charge is 0.323 e. The molecule has 1 aromatic heterocycles. The minimum Gasteiger partial charge on any atom is -0.480 e. The van der Waals surface area contributed by atoms with E-state index in [0.717, 1.165) is 0 Å². The van der Waals surface area contributed by atoms with Crippen LogP contribution in [-0.2, 0) is 11.3 Å². The van der Waals surface area contributed by atoms with Crippen molar-refractivity contribution in [2.75, 3.05) is 39.5 Å². The van der Waals surface area contributed by atoms with Crippen molar-refractivity contribution in [2.45, 2.75) is 6.54 Å². The maximum absolute atomic E-state index is 12.0. The summed E-state index contributed by atoms with van der Waals surface area (Å²) in [6.07, 6.45) is 1.33. The molecule has 0 saturated heterocycles. The van der Waals surface area contributed by atoms with Crippen LogP contribution in [0.15, 0.2) is 6.33 Å². The fourth-order valence-corrected chi connectivity index (χ4v) is 1.55. The number of hydrogen-bond donors (Lipinski definition) is 3. The van der Waals surface area contributed by atoms with E-state index in [9.17, 15) is 9.59 Å². The molecule has 19 heavy (non-hydrogen) atoms. The van der Waals surface area contributed by atoms with Crippen LogP contribution in [0.2, 0.25) is 0 Å². The molecule has 0 aliphatic carbocycles. The lowest BCUT2D eigenvalue weighted by Crippen LogP contribution is -2.33. The molecule has 0 aliphatic rings. The third kappa shape index (κ3) is 4.25. The summed E-state index contributed by atoms with van der Waals surface area (Å²) in [5.41, 5.74) is 0.226. The van der Waals surface area contributed by atoms with Gasteiger partial charge in [-0.15, -0.1) is 0 Å². The van der Waals surface area contributed by atoms with Crippen molar-refractivity contribution in [3.05, 3.63) is 12.0 Å². The third-order valence-corrected chi connectivity index (χ3v) is 2.44. The summed E-state index contributed by atoms with van der Waals surface area (Å²) >= 11 is 0. The Bertz CT molecular complexity index is 455. The molecule has 0 radical (unpaired) electrons. The number of anilines is 1. The number of hydrogen-bond acceptors (Lipinski definition) is 5. The number of carboxylic acids is 1. The SMILES string of the molecule is CNc1ncn(CC(=O)O)c1C(=O)NCCN(C)C. The maximum Gasteiger partial charge on any atom is 0.323 e. The Balaban J connectivity index is 2.80. The lowest BCUT2D eigenvalue weighted by Gasteiger charge is -2.12. The molecule has 1 heterocycles. The van der Waals surface area contributed by atoms with Gasteiger partial charge in [0.2, 0.25) is 0 Å². The fraction of sp³-hybridized carbons (Fsp3) is 0.545. The molecule has 106 valence electrons. The Morgan fingerprint density at radius 2 is 2.16 bits per heavy atom. The highest BCUT2D eigenvalue weighted by molar-refractivity contribution is 5.97. The van der Waals surface area contributed by atoms with Crippen LogP contribution in [0.5, 0.6) is 0 Å². The van der Waals surface area contributed by atoms with E-state index in [1.54, 1.807) is 7.05 Å². The van der Waals surface area contributed by atoms with E-state index in [0.29, 0.717) is 18.9 Å². The van der Waals surface area contributed by atoms with Gasteiger partial charge in [-0.05, 0) is 14.1 Å². The van der Waals surface area contributed by atoms with Gasteiger partial charge in [0.1, 0.15) is 6.54 Å². The van der Waals surface area contributed by atoms with Crippen LogP contribution in [-0.4, -0.2) is 65.7 Å². The first-order valence-electron chi connectivity index (χ1n) is 5.83. The van der Waals surface area contributed by atoms with Crippen molar-refractivity contribution in [2.24, 2.45) is 0 Å². The van der Waals surface area contributed by atoms with E-state index in [1.807, 2.05) is 19.0 Å². The monoisotopic (exact) mass is 269 g/mol. The number of nitrogens with zero attached hydrogens (tertiary/aromatic N) is 3. The van der Waals surface area contributed by atoms with Crippen LogP contribution in [0.3, 0.4) is 0 Å². The Morgan fingerprint density at radius 3 is 2.68 bits per heavy atom. The maximum atomic E-state index is 12.0. The average Bonchev–Trinajstić information content (AvgIpc) is 2.70. The highest BCUT2D eigenvalue weighted by atomic mass is 16.4. The predicted molar refractivity (Wildman–Crippen MR) is 70.3 cm³/mol. The normalized spacial score (nSPS) is 10.5. The minimum atomic E-state index is -1.03. The van der Waals surface area contributed by atoms with Gasteiger partial charge in [-0.3, -0.25) is 9.59 Å². The van der Waals surface area contributed by atoms with E-state index in [-0.39, 0.29) is 18.1 Å². The van der Waals surface area contributed by atoms with Crippen LogP contribution >= 0.6 is 0 Å². The molecule has 1 aromatic rings. The highest BCUT2D eigenvalue weighted by Gasteiger charge is 2.19. The second kappa shape index (κ2) is 6.74. The zero-order valence-electron chi connectivity index (χ0n) is 11.3. The summed E-state index contributed by atoms with van der Waals surface area (Å²) in [7, 11) is 5.43. The second-order valence-corrected chi connectivity index (χ2v) is 4.27. The summed E-state index contributed by atoms with van der Waals surface area (Å²) in [6.45, 7) is 0.881. The van der Waals surface area contributed by atoms with E-state index in [4.69, 9.17) is 5.11 Å². The molecule has 0 aromatic carbocycles. The number of aliphatic carboxylic acids is 1. The van der Waals surface area contributed by atoms with Gasteiger partial charge >= 0.3 is 5.97 Å². The Hall–Kier alpha value is -2.09.